The van der Waals surface area contributed by atoms with Gasteiger partial charge in [-0.2, -0.15) is 0 Å². The average molecular weight is 338 g/mol. The number of hydrogen-bond donors (Lipinski definition) is 2. The summed E-state index contributed by atoms with van der Waals surface area (Å²) in [6.07, 6.45) is 7.63. The van der Waals surface area contributed by atoms with Crippen molar-refractivity contribution in [2.75, 3.05) is 19.6 Å². The molecule has 5 nitrogen and oxygen atoms in total. The van der Waals surface area contributed by atoms with Gasteiger partial charge in [-0.1, -0.05) is 46.5 Å². The Labute approximate surface area is 146 Å². The highest BCUT2D eigenvalue weighted by Gasteiger charge is 2.34. The molecule has 24 heavy (non-hydrogen) atoms. The topological polar surface area (TPSA) is 69.6 Å². The van der Waals surface area contributed by atoms with Gasteiger partial charge in [0.2, 0.25) is 11.8 Å². The summed E-state index contributed by atoms with van der Waals surface area (Å²) >= 11 is 0. The Balaban J connectivity index is 1.86. The van der Waals surface area contributed by atoms with Crippen LogP contribution in [0.15, 0.2) is 0 Å². The Kier molecular flexibility index (Phi) is 6.29. The number of likely N-dealkylation sites (tertiary alicyclic amines) is 1. The molecule has 0 unspecified atom stereocenters. The summed E-state index contributed by atoms with van der Waals surface area (Å²) in [6.45, 7) is 7.33. The molecule has 1 heterocycles. The van der Waals surface area contributed by atoms with Gasteiger partial charge in [0.1, 0.15) is 0 Å². The van der Waals surface area contributed by atoms with E-state index in [0.29, 0.717) is 13.1 Å². The summed E-state index contributed by atoms with van der Waals surface area (Å²) < 4.78 is 0. The van der Waals surface area contributed by atoms with Crippen molar-refractivity contribution in [3.8, 4) is 0 Å². The molecule has 1 aliphatic heterocycles. The minimum Gasteiger partial charge on any atom is -0.388 e. The highest BCUT2D eigenvalue weighted by atomic mass is 16.3. The molecule has 1 saturated heterocycles. The number of amides is 2. The second kappa shape index (κ2) is 7.85. The first-order valence-electron chi connectivity index (χ1n) is 9.51. The maximum absolute atomic E-state index is 12.5. The van der Waals surface area contributed by atoms with Gasteiger partial charge < -0.3 is 15.3 Å². The van der Waals surface area contributed by atoms with Gasteiger partial charge in [0.05, 0.1) is 11.5 Å². The molecule has 2 N–H and O–H groups in total. The second-order valence-electron chi connectivity index (χ2n) is 8.70. The minimum atomic E-state index is -0.748. The molecule has 0 aromatic carbocycles. The lowest BCUT2D eigenvalue weighted by molar-refractivity contribution is -0.143. The molecule has 0 radical (unpaired) electrons. The lowest BCUT2D eigenvalue weighted by Crippen LogP contribution is -2.50. The van der Waals surface area contributed by atoms with Crippen molar-refractivity contribution in [3.63, 3.8) is 0 Å². The van der Waals surface area contributed by atoms with Crippen molar-refractivity contribution >= 4 is 11.8 Å². The summed E-state index contributed by atoms with van der Waals surface area (Å²) in [4.78, 5) is 26.8. The van der Waals surface area contributed by atoms with Crippen molar-refractivity contribution in [1.29, 1.82) is 0 Å². The van der Waals surface area contributed by atoms with E-state index in [9.17, 15) is 14.7 Å². The zero-order chi connectivity index (χ0) is 17.8. The Morgan fingerprint density at radius 2 is 1.75 bits per heavy atom. The molecule has 1 atom stereocenters. The van der Waals surface area contributed by atoms with E-state index in [-0.39, 0.29) is 17.7 Å². The number of nitrogens with zero attached hydrogens (tertiary/aromatic N) is 1. The Morgan fingerprint density at radius 1 is 1.12 bits per heavy atom. The van der Waals surface area contributed by atoms with Crippen LogP contribution in [0.1, 0.15) is 72.1 Å². The molecule has 0 aromatic rings. The molecule has 1 aliphatic carbocycles. The molecule has 0 aromatic heterocycles. The fourth-order valence-electron chi connectivity index (χ4n) is 3.81. The molecule has 0 spiro atoms. The zero-order valence-electron chi connectivity index (χ0n) is 15.6. The van der Waals surface area contributed by atoms with Crippen LogP contribution < -0.4 is 5.32 Å². The van der Waals surface area contributed by atoms with Crippen molar-refractivity contribution in [2.24, 2.45) is 11.3 Å². The zero-order valence-corrected chi connectivity index (χ0v) is 15.6. The number of piperidine rings is 1. The number of carbonyl (C=O) groups is 2. The molecule has 2 rings (SSSR count). The Morgan fingerprint density at radius 3 is 2.33 bits per heavy atom. The van der Waals surface area contributed by atoms with Crippen LogP contribution in [0.4, 0.5) is 0 Å². The molecular formula is C19H34N2O3. The molecule has 2 amide bonds. The summed E-state index contributed by atoms with van der Waals surface area (Å²) in [5.74, 6) is -0.0547. The summed E-state index contributed by atoms with van der Waals surface area (Å²) in [5.41, 5.74) is -1.16. The highest BCUT2D eigenvalue weighted by Crippen LogP contribution is 2.27. The van der Waals surface area contributed by atoms with Crippen LogP contribution in [0.3, 0.4) is 0 Å². The molecule has 1 saturated carbocycles. The van der Waals surface area contributed by atoms with E-state index >= 15 is 0 Å². The molecule has 138 valence electrons. The van der Waals surface area contributed by atoms with E-state index in [1.54, 1.807) is 0 Å². The minimum absolute atomic E-state index is 0.0147. The first-order valence-corrected chi connectivity index (χ1v) is 9.51. The van der Waals surface area contributed by atoms with E-state index in [0.717, 1.165) is 45.1 Å². The van der Waals surface area contributed by atoms with Gasteiger partial charge in [-0.05, 0) is 25.7 Å². The van der Waals surface area contributed by atoms with Crippen LogP contribution in [0.5, 0.6) is 0 Å². The van der Waals surface area contributed by atoms with Gasteiger partial charge in [0.15, 0.2) is 0 Å². The Hall–Kier alpha value is -1.10. The van der Waals surface area contributed by atoms with Gasteiger partial charge in [-0.25, -0.2) is 0 Å². The molecular weight excluding hydrogens is 304 g/mol. The van der Waals surface area contributed by atoms with Gasteiger partial charge in [-0.15, -0.1) is 0 Å². The molecule has 0 bridgehead atoms. The summed E-state index contributed by atoms with van der Waals surface area (Å²) in [7, 11) is 0. The lowest BCUT2D eigenvalue weighted by Gasteiger charge is -2.36. The van der Waals surface area contributed by atoms with Crippen LogP contribution in [0.25, 0.3) is 0 Å². The fourth-order valence-corrected chi connectivity index (χ4v) is 3.81. The third kappa shape index (κ3) is 5.20. The van der Waals surface area contributed by atoms with Crippen LogP contribution in [-0.2, 0) is 9.59 Å². The maximum atomic E-state index is 12.5. The van der Waals surface area contributed by atoms with Crippen LogP contribution >= 0.6 is 0 Å². The van der Waals surface area contributed by atoms with Crippen molar-refractivity contribution in [2.45, 2.75) is 77.7 Å². The number of rotatable bonds is 3. The predicted molar refractivity (Wildman–Crippen MR) is 94.4 cm³/mol. The van der Waals surface area contributed by atoms with Gasteiger partial charge in [0, 0.05) is 25.0 Å². The third-order valence-corrected chi connectivity index (χ3v) is 5.35. The average Bonchev–Trinajstić information content (AvgIpc) is 2.76. The van der Waals surface area contributed by atoms with Gasteiger partial charge >= 0.3 is 0 Å². The largest absolute Gasteiger partial charge is 0.388 e. The third-order valence-electron chi connectivity index (χ3n) is 5.35. The quantitative estimate of drug-likeness (QED) is 0.777. The Bertz CT molecular complexity index is 448. The van der Waals surface area contributed by atoms with Crippen molar-refractivity contribution < 1.29 is 14.7 Å². The van der Waals surface area contributed by atoms with Gasteiger partial charge in [0.25, 0.3) is 0 Å². The lowest BCUT2D eigenvalue weighted by atomic mass is 9.90. The number of carbonyl (C=O) groups excluding carboxylic acids is 2. The van der Waals surface area contributed by atoms with Crippen LogP contribution in [0, 0.1) is 11.3 Å². The van der Waals surface area contributed by atoms with E-state index in [1.807, 2.05) is 25.7 Å². The van der Waals surface area contributed by atoms with E-state index < -0.39 is 11.0 Å². The van der Waals surface area contributed by atoms with E-state index in [1.165, 1.54) is 12.8 Å². The van der Waals surface area contributed by atoms with E-state index in [4.69, 9.17) is 0 Å². The number of nitrogens with one attached hydrogen (secondary N) is 1. The normalized spacial score (nSPS) is 25.0. The second-order valence-corrected chi connectivity index (χ2v) is 8.70. The molecule has 2 aliphatic rings. The van der Waals surface area contributed by atoms with Crippen LogP contribution in [0.2, 0.25) is 0 Å². The smallest absolute Gasteiger partial charge is 0.227 e. The predicted octanol–water partition coefficient (Wildman–Crippen LogP) is 2.47. The fraction of sp³-hybridized carbons (Fsp3) is 0.895. The summed E-state index contributed by atoms with van der Waals surface area (Å²) in [6, 6.07) is 0. The van der Waals surface area contributed by atoms with E-state index in [2.05, 4.69) is 5.32 Å². The first kappa shape index (κ1) is 19.2. The molecule has 2 fully saturated rings. The van der Waals surface area contributed by atoms with Gasteiger partial charge in [-0.3, -0.25) is 9.59 Å². The maximum Gasteiger partial charge on any atom is 0.227 e. The van der Waals surface area contributed by atoms with Crippen molar-refractivity contribution in [1.82, 2.24) is 10.2 Å². The number of hydrogen-bond acceptors (Lipinski definition) is 3. The highest BCUT2D eigenvalue weighted by molar-refractivity contribution is 5.83. The SMILES string of the molecule is CC(C)(C)C(=O)N1CCC[C@H](C(=O)NCC2(O)CCCCCC2)C1. The standard InChI is InChI=1S/C19H34N2O3/c1-18(2,3)17(23)21-12-8-9-15(13-21)16(22)20-14-19(24)10-6-4-5-7-11-19/h15,24H,4-14H2,1-3H3,(H,20,22)/t15-/m0/s1. The monoisotopic (exact) mass is 338 g/mol. The van der Waals surface area contributed by atoms with Crippen LogP contribution in [-0.4, -0.2) is 47.1 Å². The first-order chi connectivity index (χ1) is 11.2. The summed E-state index contributed by atoms with van der Waals surface area (Å²) in [5, 5.41) is 13.6. The number of aliphatic hydroxyl groups is 1. The molecule has 5 heteroatoms. The van der Waals surface area contributed by atoms with Crippen molar-refractivity contribution in [3.05, 3.63) is 0 Å².